The normalized spacial score (nSPS) is 12.2. The lowest BCUT2D eigenvalue weighted by atomic mass is 10.1. The van der Waals surface area contributed by atoms with E-state index in [0.29, 0.717) is 17.4 Å². The molecule has 3 nitrogen and oxygen atoms in total. The van der Waals surface area contributed by atoms with Gasteiger partial charge in [0.25, 0.3) is 5.91 Å². The highest BCUT2D eigenvalue weighted by Gasteiger charge is 2.09. The fraction of sp³-hybridized carbons (Fsp3) is 0.278. The minimum atomic E-state index is -0.194. The smallest absolute Gasteiger partial charge is 0.251 e. The van der Waals surface area contributed by atoms with Crippen LogP contribution in [0, 0.1) is 0 Å². The molecule has 0 aliphatic carbocycles. The number of nitrogens with two attached hydrogens (primary N) is 1. The lowest BCUT2D eigenvalue weighted by molar-refractivity contribution is 0.0951. The molecule has 0 saturated carbocycles. The minimum Gasteiger partial charge on any atom is -0.350 e. The summed E-state index contributed by atoms with van der Waals surface area (Å²) in [4.78, 5) is 13.3. The first-order valence-corrected chi connectivity index (χ1v) is 8.29. The van der Waals surface area contributed by atoms with Crippen molar-refractivity contribution in [3.63, 3.8) is 0 Å². The van der Waals surface area contributed by atoms with Gasteiger partial charge in [-0.25, -0.2) is 0 Å². The van der Waals surface area contributed by atoms with Crippen molar-refractivity contribution in [1.82, 2.24) is 5.32 Å². The Balaban J connectivity index is 1.89. The molecule has 22 heavy (non-hydrogen) atoms. The molecule has 0 saturated heterocycles. The van der Waals surface area contributed by atoms with Gasteiger partial charge in [-0.2, -0.15) is 0 Å². The summed E-state index contributed by atoms with van der Waals surface area (Å²) in [7, 11) is 0. The molecule has 4 heteroatoms. The molecular weight excluding hydrogens is 292 g/mol. The van der Waals surface area contributed by atoms with Crippen LogP contribution in [-0.4, -0.2) is 17.7 Å². The van der Waals surface area contributed by atoms with E-state index >= 15 is 0 Å². The van der Waals surface area contributed by atoms with Crippen LogP contribution in [0.3, 0.4) is 0 Å². The third-order valence-electron chi connectivity index (χ3n) is 3.20. The number of carbonyl (C=O) groups excluding carboxylic acids is 1. The Morgan fingerprint density at radius 3 is 2.32 bits per heavy atom. The summed E-state index contributed by atoms with van der Waals surface area (Å²) in [6, 6.07) is 17.3. The topological polar surface area (TPSA) is 55.1 Å². The van der Waals surface area contributed by atoms with Gasteiger partial charge >= 0.3 is 0 Å². The number of thioether (sulfide) groups is 1. The van der Waals surface area contributed by atoms with Crippen molar-refractivity contribution in [3.8, 4) is 0 Å². The van der Waals surface area contributed by atoms with Crippen LogP contribution in [0.15, 0.2) is 59.5 Å². The van der Waals surface area contributed by atoms with E-state index < -0.39 is 0 Å². The van der Waals surface area contributed by atoms with Crippen molar-refractivity contribution in [2.75, 3.05) is 6.54 Å². The van der Waals surface area contributed by atoms with E-state index in [-0.39, 0.29) is 11.9 Å². The molecule has 0 fully saturated rings. The molecule has 0 bridgehead atoms. The maximum atomic E-state index is 12.1. The van der Waals surface area contributed by atoms with Crippen LogP contribution in [-0.2, 0) is 0 Å². The van der Waals surface area contributed by atoms with Crippen LogP contribution in [0.1, 0.15) is 35.8 Å². The number of benzene rings is 2. The Bertz CT molecular complexity index is 596. The molecule has 2 rings (SSSR count). The van der Waals surface area contributed by atoms with Crippen LogP contribution in [0.5, 0.6) is 0 Å². The predicted octanol–water partition coefficient (Wildman–Crippen LogP) is 3.62. The van der Waals surface area contributed by atoms with Crippen LogP contribution in [0.4, 0.5) is 0 Å². The van der Waals surface area contributed by atoms with E-state index in [0.717, 1.165) is 5.56 Å². The molecule has 2 aromatic rings. The summed E-state index contributed by atoms with van der Waals surface area (Å²) in [6.07, 6.45) is 0. The minimum absolute atomic E-state index is 0.0903. The zero-order valence-corrected chi connectivity index (χ0v) is 13.8. The average Bonchev–Trinajstić information content (AvgIpc) is 2.53. The second kappa shape index (κ2) is 8.01. The van der Waals surface area contributed by atoms with E-state index in [9.17, 15) is 4.79 Å². The molecular formula is C18H22N2OS. The Kier molecular flexibility index (Phi) is 6.04. The zero-order valence-electron chi connectivity index (χ0n) is 13.0. The summed E-state index contributed by atoms with van der Waals surface area (Å²) in [6.45, 7) is 4.72. The largest absolute Gasteiger partial charge is 0.350 e. The van der Waals surface area contributed by atoms with Crippen molar-refractivity contribution in [1.29, 1.82) is 0 Å². The van der Waals surface area contributed by atoms with Gasteiger partial charge in [-0.05, 0) is 29.8 Å². The highest BCUT2D eigenvalue weighted by molar-refractivity contribution is 7.99. The molecule has 1 unspecified atom stereocenters. The summed E-state index contributed by atoms with van der Waals surface area (Å²) >= 11 is 1.78. The van der Waals surface area contributed by atoms with Gasteiger partial charge in [0.2, 0.25) is 0 Å². The lowest BCUT2D eigenvalue weighted by Crippen LogP contribution is -2.31. The highest BCUT2D eigenvalue weighted by atomic mass is 32.2. The molecule has 116 valence electrons. The fourth-order valence-electron chi connectivity index (χ4n) is 2.08. The third-order valence-corrected chi connectivity index (χ3v) is 4.21. The van der Waals surface area contributed by atoms with Crippen LogP contribution >= 0.6 is 11.8 Å². The van der Waals surface area contributed by atoms with E-state index in [1.54, 1.807) is 11.8 Å². The molecule has 1 atom stereocenters. The first-order chi connectivity index (χ1) is 10.6. The second-order valence-electron chi connectivity index (χ2n) is 5.42. The molecule has 0 aliphatic heterocycles. The zero-order chi connectivity index (χ0) is 15.9. The molecule has 0 radical (unpaired) electrons. The average molecular weight is 314 g/mol. The maximum absolute atomic E-state index is 12.1. The number of nitrogens with one attached hydrogen (secondary N) is 1. The van der Waals surface area contributed by atoms with Crippen molar-refractivity contribution >= 4 is 17.7 Å². The van der Waals surface area contributed by atoms with Crippen LogP contribution in [0.25, 0.3) is 0 Å². The Morgan fingerprint density at radius 2 is 1.73 bits per heavy atom. The highest BCUT2D eigenvalue weighted by Crippen LogP contribution is 2.22. The van der Waals surface area contributed by atoms with E-state index in [4.69, 9.17) is 5.73 Å². The third kappa shape index (κ3) is 4.90. The van der Waals surface area contributed by atoms with Gasteiger partial charge in [-0.1, -0.05) is 44.2 Å². The summed E-state index contributed by atoms with van der Waals surface area (Å²) in [5, 5.41) is 3.42. The van der Waals surface area contributed by atoms with Gasteiger partial charge in [0.15, 0.2) is 0 Å². The SMILES string of the molecule is CC(C)Sc1ccc(C(=O)NCC(N)c2ccccc2)cc1. The lowest BCUT2D eigenvalue weighted by Gasteiger charge is -2.13. The molecule has 0 aromatic heterocycles. The van der Waals surface area contributed by atoms with Gasteiger partial charge in [0.1, 0.15) is 0 Å². The van der Waals surface area contributed by atoms with Gasteiger partial charge in [0, 0.05) is 28.3 Å². The monoisotopic (exact) mass is 314 g/mol. The number of hydrogen-bond donors (Lipinski definition) is 2. The fourth-order valence-corrected chi connectivity index (χ4v) is 2.92. The Morgan fingerprint density at radius 1 is 1.09 bits per heavy atom. The quantitative estimate of drug-likeness (QED) is 0.801. The van der Waals surface area contributed by atoms with Gasteiger partial charge in [-0.3, -0.25) is 4.79 Å². The first kappa shape index (κ1) is 16.6. The molecule has 0 heterocycles. The second-order valence-corrected chi connectivity index (χ2v) is 7.07. The summed E-state index contributed by atoms with van der Waals surface area (Å²) in [5.41, 5.74) is 7.76. The first-order valence-electron chi connectivity index (χ1n) is 7.41. The molecule has 3 N–H and O–H groups in total. The molecule has 1 amide bonds. The van der Waals surface area contributed by atoms with Crippen molar-refractivity contribution in [2.45, 2.75) is 30.0 Å². The maximum Gasteiger partial charge on any atom is 0.251 e. The van der Waals surface area contributed by atoms with Crippen LogP contribution < -0.4 is 11.1 Å². The number of amides is 1. The molecule has 2 aromatic carbocycles. The summed E-state index contributed by atoms with van der Waals surface area (Å²) in [5.74, 6) is -0.0903. The van der Waals surface area contributed by atoms with E-state index in [1.165, 1.54) is 4.90 Å². The number of carbonyl (C=O) groups is 1. The van der Waals surface area contributed by atoms with Crippen molar-refractivity contribution in [3.05, 3.63) is 65.7 Å². The van der Waals surface area contributed by atoms with E-state index in [1.807, 2.05) is 54.6 Å². The predicted molar refractivity (Wildman–Crippen MR) is 93.1 cm³/mol. The number of hydrogen-bond acceptors (Lipinski definition) is 3. The summed E-state index contributed by atoms with van der Waals surface area (Å²) < 4.78 is 0. The van der Waals surface area contributed by atoms with E-state index in [2.05, 4.69) is 19.2 Å². The molecule has 0 spiro atoms. The van der Waals surface area contributed by atoms with Gasteiger partial charge < -0.3 is 11.1 Å². The molecule has 0 aliphatic rings. The number of rotatable bonds is 6. The van der Waals surface area contributed by atoms with Crippen molar-refractivity contribution in [2.24, 2.45) is 5.73 Å². The van der Waals surface area contributed by atoms with Gasteiger partial charge in [0.05, 0.1) is 0 Å². The Hall–Kier alpha value is -1.78. The van der Waals surface area contributed by atoms with Crippen molar-refractivity contribution < 1.29 is 4.79 Å². The van der Waals surface area contributed by atoms with Crippen LogP contribution in [0.2, 0.25) is 0 Å². The Labute approximate surface area is 136 Å². The van der Waals surface area contributed by atoms with Gasteiger partial charge in [-0.15, -0.1) is 11.8 Å². The standard InChI is InChI=1S/C18H22N2OS/c1-13(2)22-16-10-8-15(9-11-16)18(21)20-12-17(19)14-6-4-3-5-7-14/h3-11,13,17H,12,19H2,1-2H3,(H,20,21).